The molecule has 0 aromatic heterocycles. The molecule has 1 aromatic carbocycles. The Labute approximate surface area is 120 Å². The number of hydrogen-bond donors (Lipinski definition) is 2. The van der Waals surface area contributed by atoms with Crippen LogP contribution in [0.2, 0.25) is 0 Å². The van der Waals surface area contributed by atoms with Gasteiger partial charge in [0.25, 0.3) is 0 Å². The van der Waals surface area contributed by atoms with Gasteiger partial charge >= 0.3 is 5.97 Å². The van der Waals surface area contributed by atoms with Crippen LogP contribution in [0, 0.1) is 11.3 Å². The Balaban J connectivity index is 2.30. The van der Waals surface area contributed by atoms with Crippen molar-refractivity contribution in [1.82, 2.24) is 4.72 Å². The summed E-state index contributed by atoms with van der Waals surface area (Å²) in [6.07, 6.45) is 0.252. The smallest absolute Gasteiger partial charge is 0.325 e. The van der Waals surface area contributed by atoms with Crippen molar-refractivity contribution in [2.75, 3.05) is 11.5 Å². The van der Waals surface area contributed by atoms with Gasteiger partial charge in [0.1, 0.15) is 5.54 Å². The molecule has 2 rings (SSSR count). The Morgan fingerprint density at radius 3 is 2.50 bits per heavy atom. The van der Waals surface area contributed by atoms with Gasteiger partial charge in [-0.15, -0.1) is 0 Å². The van der Waals surface area contributed by atoms with Gasteiger partial charge in [-0.1, -0.05) is 0 Å². The molecule has 2 N–H and O–H groups in total. The number of carboxylic acid groups (broad SMARTS) is 1. The Morgan fingerprint density at radius 2 is 2.05 bits per heavy atom. The second-order valence-electron chi connectivity index (χ2n) is 4.43. The van der Waals surface area contributed by atoms with Crippen LogP contribution in [0.25, 0.3) is 0 Å². The van der Waals surface area contributed by atoms with Crippen molar-refractivity contribution in [3.63, 3.8) is 0 Å². The van der Waals surface area contributed by atoms with Crippen molar-refractivity contribution in [3.05, 3.63) is 29.8 Å². The van der Waals surface area contributed by atoms with E-state index in [0.717, 1.165) is 0 Å². The zero-order chi connectivity index (χ0) is 14.8. The summed E-state index contributed by atoms with van der Waals surface area (Å²) in [6, 6.07) is 7.23. The van der Waals surface area contributed by atoms with Gasteiger partial charge in [-0.3, -0.25) is 4.79 Å². The monoisotopic (exact) mass is 312 g/mol. The van der Waals surface area contributed by atoms with E-state index >= 15 is 0 Å². The summed E-state index contributed by atoms with van der Waals surface area (Å²) < 4.78 is 26.8. The molecule has 0 spiro atoms. The zero-order valence-corrected chi connectivity index (χ0v) is 12.0. The van der Waals surface area contributed by atoms with Crippen molar-refractivity contribution < 1.29 is 18.3 Å². The molecule has 20 heavy (non-hydrogen) atoms. The van der Waals surface area contributed by atoms with Gasteiger partial charge in [0.2, 0.25) is 10.0 Å². The summed E-state index contributed by atoms with van der Waals surface area (Å²) in [5, 5.41) is 18.0. The summed E-state index contributed by atoms with van der Waals surface area (Å²) in [6.45, 7) is 0. The van der Waals surface area contributed by atoms with Crippen molar-refractivity contribution in [1.29, 1.82) is 5.26 Å². The maximum absolute atomic E-state index is 12.2. The van der Waals surface area contributed by atoms with Gasteiger partial charge in [-0.05, 0) is 36.4 Å². The van der Waals surface area contributed by atoms with Crippen LogP contribution in [-0.4, -0.2) is 36.5 Å². The average molecular weight is 312 g/mol. The lowest BCUT2D eigenvalue weighted by Crippen LogP contribution is -2.54. The van der Waals surface area contributed by atoms with E-state index in [1.54, 1.807) is 0 Å². The molecule has 0 radical (unpaired) electrons. The van der Waals surface area contributed by atoms with E-state index in [0.29, 0.717) is 11.3 Å². The normalized spacial score (nSPS) is 22.4. The van der Waals surface area contributed by atoms with Crippen LogP contribution in [0.15, 0.2) is 29.2 Å². The quantitative estimate of drug-likeness (QED) is 0.851. The number of nitrogens with zero attached hydrogens (tertiary/aromatic N) is 1. The molecule has 6 nitrogen and oxygen atoms in total. The number of sulfonamides is 1. The molecule has 1 aliphatic rings. The molecule has 8 heteroatoms. The minimum atomic E-state index is -3.93. The maximum Gasteiger partial charge on any atom is 0.325 e. The highest BCUT2D eigenvalue weighted by atomic mass is 32.2. The highest BCUT2D eigenvalue weighted by molar-refractivity contribution is 7.99. The third-order valence-electron chi connectivity index (χ3n) is 3.05. The molecule has 1 atom stereocenters. The van der Waals surface area contributed by atoms with Crippen molar-refractivity contribution in [3.8, 4) is 6.07 Å². The second-order valence-corrected chi connectivity index (χ2v) is 7.22. The Morgan fingerprint density at radius 1 is 1.40 bits per heavy atom. The summed E-state index contributed by atoms with van der Waals surface area (Å²) in [7, 11) is -3.93. The highest BCUT2D eigenvalue weighted by Gasteiger charge is 2.45. The molecule has 1 aliphatic heterocycles. The Hall–Kier alpha value is -1.56. The highest BCUT2D eigenvalue weighted by Crippen LogP contribution is 2.30. The topological polar surface area (TPSA) is 107 Å². The molecule has 1 fully saturated rings. The summed E-state index contributed by atoms with van der Waals surface area (Å²) in [4.78, 5) is 11.3. The van der Waals surface area contributed by atoms with Gasteiger partial charge < -0.3 is 5.11 Å². The lowest BCUT2D eigenvalue weighted by molar-refractivity contribution is -0.142. The van der Waals surface area contributed by atoms with E-state index in [1.165, 1.54) is 36.0 Å². The fraction of sp³-hybridized carbons (Fsp3) is 0.333. The number of nitrogens with one attached hydrogen (secondary N) is 1. The standard InChI is InChI=1S/C12H12N2O4S2/c13-7-9-1-3-10(4-2-9)20(17,18)14-12(11(15)16)5-6-19-8-12/h1-4,14H,5-6,8H2,(H,15,16). The van der Waals surface area contributed by atoms with E-state index in [4.69, 9.17) is 5.26 Å². The molecule has 0 amide bonds. The number of aliphatic carboxylic acids is 1. The van der Waals surface area contributed by atoms with Crippen LogP contribution in [0.5, 0.6) is 0 Å². The molecule has 0 aliphatic carbocycles. The fourth-order valence-electron chi connectivity index (χ4n) is 1.88. The SMILES string of the molecule is N#Cc1ccc(S(=O)(=O)NC2(C(=O)O)CCSC2)cc1. The first-order chi connectivity index (χ1) is 9.39. The van der Waals surface area contributed by atoms with Gasteiger partial charge in [0, 0.05) is 5.75 Å². The number of carboxylic acids is 1. The van der Waals surface area contributed by atoms with Crippen LogP contribution in [0.1, 0.15) is 12.0 Å². The minimum Gasteiger partial charge on any atom is -0.480 e. The van der Waals surface area contributed by atoms with Crippen LogP contribution in [0.3, 0.4) is 0 Å². The lowest BCUT2D eigenvalue weighted by Gasteiger charge is -2.24. The first kappa shape index (κ1) is 14.8. The number of thioether (sulfide) groups is 1. The number of hydrogen-bond acceptors (Lipinski definition) is 5. The number of rotatable bonds is 4. The molecule has 1 aromatic rings. The molecule has 0 bridgehead atoms. The molecular formula is C12H12N2O4S2. The van der Waals surface area contributed by atoms with Crippen LogP contribution in [0.4, 0.5) is 0 Å². The van der Waals surface area contributed by atoms with Crippen LogP contribution in [-0.2, 0) is 14.8 Å². The molecular weight excluding hydrogens is 300 g/mol. The zero-order valence-electron chi connectivity index (χ0n) is 10.4. The number of nitriles is 1. The van der Waals surface area contributed by atoms with Gasteiger partial charge in [0.05, 0.1) is 16.5 Å². The summed E-state index contributed by atoms with van der Waals surface area (Å²) >= 11 is 1.40. The maximum atomic E-state index is 12.2. The summed E-state index contributed by atoms with van der Waals surface area (Å²) in [5.74, 6) is -0.361. The first-order valence-corrected chi connectivity index (χ1v) is 8.39. The molecule has 0 saturated carbocycles. The van der Waals surface area contributed by atoms with E-state index in [1.807, 2.05) is 6.07 Å². The molecule has 1 unspecified atom stereocenters. The van der Waals surface area contributed by atoms with Crippen molar-refractivity contribution in [2.24, 2.45) is 0 Å². The predicted molar refractivity (Wildman–Crippen MR) is 73.8 cm³/mol. The van der Waals surface area contributed by atoms with Crippen molar-refractivity contribution in [2.45, 2.75) is 16.9 Å². The second kappa shape index (κ2) is 5.44. The molecule has 106 valence electrons. The number of carbonyl (C=O) groups is 1. The molecule has 1 saturated heterocycles. The van der Waals surface area contributed by atoms with Crippen LogP contribution < -0.4 is 4.72 Å². The Bertz CT molecular complexity index is 656. The van der Waals surface area contributed by atoms with E-state index in [9.17, 15) is 18.3 Å². The van der Waals surface area contributed by atoms with Crippen molar-refractivity contribution >= 4 is 27.8 Å². The average Bonchev–Trinajstić information content (AvgIpc) is 2.88. The Kier molecular flexibility index (Phi) is 4.04. The third kappa shape index (κ3) is 2.80. The van der Waals surface area contributed by atoms with E-state index in [2.05, 4.69) is 4.72 Å². The summed E-state index contributed by atoms with van der Waals surface area (Å²) in [5.41, 5.74) is -1.11. The van der Waals surface area contributed by atoms with Gasteiger partial charge in [-0.2, -0.15) is 21.7 Å². The lowest BCUT2D eigenvalue weighted by atomic mass is 10.0. The number of benzene rings is 1. The third-order valence-corrected chi connectivity index (χ3v) is 5.80. The fourth-order valence-corrected chi connectivity index (χ4v) is 4.69. The molecule has 1 heterocycles. The largest absolute Gasteiger partial charge is 0.480 e. The van der Waals surface area contributed by atoms with E-state index < -0.39 is 21.5 Å². The van der Waals surface area contributed by atoms with Gasteiger partial charge in [0.15, 0.2) is 0 Å². The van der Waals surface area contributed by atoms with E-state index in [-0.39, 0.29) is 17.1 Å². The minimum absolute atomic E-state index is 0.0472. The van der Waals surface area contributed by atoms with Crippen LogP contribution >= 0.6 is 11.8 Å². The van der Waals surface area contributed by atoms with Gasteiger partial charge in [-0.25, -0.2) is 8.42 Å². The first-order valence-electron chi connectivity index (χ1n) is 5.75. The predicted octanol–water partition coefficient (Wildman–Crippen LogP) is 0.797.